The molecule has 0 spiro atoms. The van der Waals surface area contributed by atoms with Gasteiger partial charge in [-0.3, -0.25) is 0 Å². The highest BCUT2D eigenvalue weighted by molar-refractivity contribution is 5.79. The molecule has 0 amide bonds. The predicted molar refractivity (Wildman–Crippen MR) is 145 cm³/mol. The molecule has 3 heterocycles. The highest BCUT2D eigenvalue weighted by atomic mass is 16.6. The van der Waals surface area contributed by atoms with Crippen LogP contribution in [0.15, 0.2) is 72.1 Å². The molecule has 2 aromatic heterocycles. The number of methoxy groups -OCH3 is 3. The van der Waals surface area contributed by atoms with Crippen LogP contribution in [0.5, 0.6) is 34.6 Å². The van der Waals surface area contributed by atoms with Gasteiger partial charge in [-0.15, -0.1) is 5.10 Å². The number of benzene rings is 3. The first-order chi connectivity index (χ1) is 19.6. The maximum atomic E-state index is 10.1. The van der Waals surface area contributed by atoms with Crippen LogP contribution in [0.3, 0.4) is 0 Å². The second kappa shape index (κ2) is 10.4. The monoisotopic (exact) mass is 539 g/mol. The molecular weight excluding hydrogens is 514 g/mol. The van der Waals surface area contributed by atoms with Crippen LogP contribution in [0.4, 0.5) is 0 Å². The van der Waals surface area contributed by atoms with Crippen molar-refractivity contribution in [2.45, 2.75) is 12.5 Å². The first-order valence-electron chi connectivity index (χ1n) is 12.3. The lowest BCUT2D eigenvalue weighted by Gasteiger charge is -2.28. The molecule has 1 unspecified atom stereocenters. The first-order valence-corrected chi connectivity index (χ1v) is 12.3. The summed E-state index contributed by atoms with van der Waals surface area (Å²) < 4.78 is 23.9. The first kappa shape index (κ1) is 25.0. The van der Waals surface area contributed by atoms with Crippen LogP contribution in [-0.2, 0) is 11.4 Å². The second-order valence-corrected chi connectivity index (χ2v) is 8.91. The molecule has 1 aliphatic heterocycles. The minimum absolute atomic E-state index is 0.0510. The molecule has 202 valence electrons. The lowest BCUT2D eigenvalue weighted by molar-refractivity contribution is 0.126. The van der Waals surface area contributed by atoms with Crippen LogP contribution in [0, 0.1) is 0 Å². The SMILES string of the molecule is COc1ccc(C=NOCc2nc3c4c(ncn3n2)Oc2cc(O)ccc2C4c2ccc(OC)c(OC)c2)cc1. The summed E-state index contributed by atoms with van der Waals surface area (Å²) in [4.78, 5) is 14.7. The Morgan fingerprint density at radius 1 is 0.975 bits per heavy atom. The van der Waals surface area contributed by atoms with Gasteiger partial charge in [-0.25, -0.2) is 14.5 Å². The molecule has 40 heavy (non-hydrogen) atoms. The van der Waals surface area contributed by atoms with Crippen molar-refractivity contribution >= 4 is 11.9 Å². The number of oxime groups is 1. The number of phenolic OH excluding ortho intramolecular Hbond substituents is 1. The van der Waals surface area contributed by atoms with Gasteiger partial charge in [-0.2, -0.15) is 0 Å². The van der Waals surface area contributed by atoms with E-state index in [4.69, 9.17) is 28.8 Å². The van der Waals surface area contributed by atoms with E-state index in [1.165, 1.54) is 6.33 Å². The maximum Gasteiger partial charge on any atom is 0.228 e. The summed E-state index contributed by atoms with van der Waals surface area (Å²) in [6.45, 7) is 0.0510. The van der Waals surface area contributed by atoms with E-state index in [-0.39, 0.29) is 18.3 Å². The normalized spacial score (nSPS) is 13.9. The lowest BCUT2D eigenvalue weighted by Crippen LogP contribution is -2.15. The number of aromatic nitrogens is 4. The van der Waals surface area contributed by atoms with Gasteiger partial charge in [0.2, 0.25) is 5.88 Å². The van der Waals surface area contributed by atoms with E-state index in [0.29, 0.717) is 40.2 Å². The Hall–Kier alpha value is -5.32. The van der Waals surface area contributed by atoms with Gasteiger partial charge in [-0.05, 0) is 53.6 Å². The van der Waals surface area contributed by atoms with Crippen molar-refractivity contribution in [3.05, 3.63) is 95.1 Å². The van der Waals surface area contributed by atoms with Crippen molar-refractivity contribution in [3.63, 3.8) is 0 Å². The molecule has 0 bridgehead atoms. The van der Waals surface area contributed by atoms with Gasteiger partial charge in [0.25, 0.3) is 0 Å². The topological polar surface area (TPSA) is 122 Å². The molecule has 0 saturated heterocycles. The van der Waals surface area contributed by atoms with Crippen molar-refractivity contribution in [3.8, 4) is 34.6 Å². The zero-order valence-corrected chi connectivity index (χ0v) is 21.9. The fourth-order valence-electron chi connectivity index (χ4n) is 4.67. The third-order valence-electron chi connectivity index (χ3n) is 6.56. The molecular formula is C29H25N5O6. The van der Waals surface area contributed by atoms with E-state index in [9.17, 15) is 5.11 Å². The molecule has 0 fully saturated rings. The molecule has 1 aliphatic rings. The summed E-state index contributed by atoms with van der Waals surface area (Å²) >= 11 is 0. The van der Waals surface area contributed by atoms with E-state index in [1.807, 2.05) is 48.5 Å². The summed E-state index contributed by atoms with van der Waals surface area (Å²) in [6, 6.07) is 18.2. The Morgan fingerprint density at radius 2 is 1.80 bits per heavy atom. The minimum atomic E-state index is -0.346. The Balaban J connectivity index is 1.36. The van der Waals surface area contributed by atoms with Crippen molar-refractivity contribution < 1.29 is 28.9 Å². The second-order valence-electron chi connectivity index (χ2n) is 8.91. The molecule has 0 aliphatic carbocycles. The summed E-state index contributed by atoms with van der Waals surface area (Å²) in [7, 11) is 4.80. The summed E-state index contributed by atoms with van der Waals surface area (Å²) in [5.41, 5.74) is 3.86. The quantitative estimate of drug-likeness (QED) is 0.217. The predicted octanol–water partition coefficient (Wildman–Crippen LogP) is 4.69. The fraction of sp³-hybridized carbons (Fsp3) is 0.172. The number of aromatic hydroxyl groups is 1. The largest absolute Gasteiger partial charge is 0.508 e. The zero-order chi connectivity index (χ0) is 27.6. The number of fused-ring (bicyclic) bond motifs is 4. The summed E-state index contributed by atoms with van der Waals surface area (Å²) in [5.74, 6) is 2.98. The molecule has 11 nitrogen and oxygen atoms in total. The molecule has 0 radical (unpaired) electrons. The van der Waals surface area contributed by atoms with E-state index in [1.54, 1.807) is 44.2 Å². The number of ether oxygens (including phenoxy) is 4. The van der Waals surface area contributed by atoms with Gasteiger partial charge in [0, 0.05) is 17.5 Å². The van der Waals surface area contributed by atoms with Crippen LogP contribution in [0.2, 0.25) is 0 Å². The van der Waals surface area contributed by atoms with E-state index in [2.05, 4.69) is 15.2 Å². The Bertz CT molecular complexity index is 1720. The smallest absolute Gasteiger partial charge is 0.228 e. The van der Waals surface area contributed by atoms with Crippen molar-refractivity contribution in [1.82, 2.24) is 19.6 Å². The molecule has 1 atom stereocenters. The zero-order valence-electron chi connectivity index (χ0n) is 21.9. The van der Waals surface area contributed by atoms with Crippen LogP contribution in [0.25, 0.3) is 5.65 Å². The van der Waals surface area contributed by atoms with Gasteiger partial charge >= 0.3 is 0 Å². The molecule has 11 heteroatoms. The van der Waals surface area contributed by atoms with Crippen molar-refractivity contribution in [2.75, 3.05) is 21.3 Å². The minimum Gasteiger partial charge on any atom is -0.508 e. The average molecular weight is 540 g/mol. The highest BCUT2D eigenvalue weighted by Crippen LogP contribution is 2.49. The third kappa shape index (κ3) is 4.57. The molecule has 0 saturated carbocycles. The van der Waals surface area contributed by atoms with Gasteiger partial charge in [0.15, 0.2) is 29.6 Å². The summed E-state index contributed by atoms with van der Waals surface area (Å²) in [5, 5.41) is 18.7. The number of phenols is 1. The van der Waals surface area contributed by atoms with Crippen molar-refractivity contribution in [2.24, 2.45) is 5.16 Å². The summed E-state index contributed by atoms with van der Waals surface area (Å²) in [6.07, 6.45) is 3.14. The van der Waals surface area contributed by atoms with Crippen LogP contribution in [-0.4, -0.2) is 52.2 Å². The number of hydrogen-bond acceptors (Lipinski definition) is 10. The van der Waals surface area contributed by atoms with Gasteiger partial charge < -0.3 is 28.9 Å². The molecule has 6 rings (SSSR count). The molecule has 1 N–H and O–H groups in total. The fourth-order valence-corrected chi connectivity index (χ4v) is 4.67. The molecule has 3 aromatic carbocycles. The Morgan fingerprint density at radius 3 is 2.58 bits per heavy atom. The number of rotatable bonds is 8. The van der Waals surface area contributed by atoms with Gasteiger partial charge in [-0.1, -0.05) is 17.3 Å². The third-order valence-corrected chi connectivity index (χ3v) is 6.56. The van der Waals surface area contributed by atoms with Gasteiger partial charge in [0.1, 0.15) is 23.6 Å². The lowest BCUT2D eigenvalue weighted by atomic mass is 9.83. The Labute approximate surface area is 229 Å². The Kier molecular flexibility index (Phi) is 6.52. The van der Waals surface area contributed by atoms with E-state index >= 15 is 0 Å². The average Bonchev–Trinajstić information content (AvgIpc) is 3.41. The molecule has 5 aromatic rings. The van der Waals surface area contributed by atoms with Crippen LogP contribution in [0.1, 0.15) is 34.0 Å². The van der Waals surface area contributed by atoms with E-state index in [0.717, 1.165) is 22.4 Å². The highest BCUT2D eigenvalue weighted by Gasteiger charge is 2.34. The maximum absolute atomic E-state index is 10.1. The van der Waals surface area contributed by atoms with Gasteiger partial charge in [0.05, 0.1) is 33.1 Å². The standard InChI is InChI=1S/C29H25N5O6/c1-36-20-8-4-17(5-9-20)14-31-39-15-25-32-28-27-26(18-6-11-22(37-2)24(12-18)38-3)21-10-7-19(35)13-23(21)40-29(27)30-16-34(28)33-25/h4-14,16,26,35H,15H2,1-3H3. The number of hydrogen-bond donors (Lipinski definition) is 1. The van der Waals surface area contributed by atoms with E-state index < -0.39 is 0 Å². The van der Waals surface area contributed by atoms with Crippen LogP contribution < -0.4 is 18.9 Å². The van der Waals surface area contributed by atoms with Crippen molar-refractivity contribution in [1.29, 1.82) is 0 Å². The number of nitrogens with zero attached hydrogens (tertiary/aromatic N) is 5. The van der Waals surface area contributed by atoms with Crippen LogP contribution >= 0.6 is 0 Å².